The van der Waals surface area contributed by atoms with Crippen molar-refractivity contribution in [2.75, 3.05) is 6.61 Å². The highest BCUT2D eigenvalue weighted by Gasteiger charge is 2.20. The van der Waals surface area contributed by atoms with Crippen molar-refractivity contribution in [2.24, 2.45) is 0 Å². The maximum Gasteiger partial charge on any atom is 0.222 e. The van der Waals surface area contributed by atoms with Crippen LogP contribution in [0.15, 0.2) is 36.9 Å². The second kappa shape index (κ2) is 5.46. The van der Waals surface area contributed by atoms with Crippen molar-refractivity contribution in [1.82, 2.24) is 19.5 Å². The molecular weight excluding hydrogens is 283 g/mol. The van der Waals surface area contributed by atoms with Crippen LogP contribution in [0, 0.1) is 5.95 Å². The minimum Gasteiger partial charge on any atom is -0.358 e. The molecule has 0 bridgehead atoms. The molecule has 0 N–H and O–H groups in total. The van der Waals surface area contributed by atoms with E-state index in [1.54, 1.807) is 12.1 Å². The summed E-state index contributed by atoms with van der Waals surface area (Å²) in [4.78, 5) is 12.3. The van der Waals surface area contributed by atoms with E-state index < -0.39 is 5.95 Å². The van der Waals surface area contributed by atoms with Gasteiger partial charge in [-0.25, -0.2) is 15.0 Å². The van der Waals surface area contributed by atoms with Crippen LogP contribution >= 0.6 is 0 Å². The molecule has 4 rings (SSSR count). The monoisotopic (exact) mass is 298 g/mol. The van der Waals surface area contributed by atoms with Crippen molar-refractivity contribution >= 4 is 11.0 Å². The Hall–Kier alpha value is -2.34. The molecule has 0 aromatic carbocycles. The molecule has 22 heavy (non-hydrogen) atoms. The number of ether oxygens (including phenoxy) is 1. The fourth-order valence-corrected chi connectivity index (χ4v) is 2.92. The van der Waals surface area contributed by atoms with Gasteiger partial charge in [0.2, 0.25) is 5.95 Å². The zero-order valence-electron chi connectivity index (χ0n) is 11.9. The summed E-state index contributed by atoms with van der Waals surface area (Å²) in [6, 6.07) is 5.29. The molecule has 0 radical (unpaired) electrons. The van der Waals surface area contributed by atoms with Gasteiger partial charge in [-0.05, 0) is 37.5 Å². The Morgan fingerprint density at radius 3 is 2.95 bits per heavy atom. The van der Waals surface area contributed by atoms with Crippen molar-refractivity contribution in [1.29, 1.82) is 0 Å². The smallest absolute Gasteiger partial charge is 0.222 e. The molecule has 1 aliphatic heterocycles. The van der Waals surface area contributed by atoms with Crippen LogP contribution in [0.2, 0.25) is 0 Å². The summed E-state index contributed by atoms with van der Waals surface area (Å²) in [7, 11) is 0. The summed E-state index contributed by atoms with van der Waals surface area (Å²) in [6.07, 6.45) is 8.02. The van der Waals surface area contributed by atoms with Gasteiger partial charge in [-0.2, -0.15) is 4.39 Å². The Bertz CT molecular complexity index is 811. The van der Waals surface area contributed by atoms with Crippen LogP contribution in [0.5, 0.6) is 0 Å². The fourth-order valence-electron chi connectivity index (χ4n) is 2.92. The molecule has 1 atom stereocenters. The van der Waals surface area contributed by atoms with Crippen LogP contribution < -0.4 is 0 Å². The second-order valence-corrected chi connectivity index (χ2v) is 5.35. The molecule has 4 heterocycles. The Morgan fingerprint density at radius 1 is 1.18 bits per heavy atom. The van der Waals surface area contributed by atoms with Crippen LogP contribution in [-0.2, 0) is 4.74 Å². The molecule has 1 saturated heterocycles. The summed E-state index contributed by atoms with van der Waals surface area (Å²) >= 11 is 0. The molecule has 1 unspecified atom stereocenters. The molecule has 1 aliphatic rings. The minimum absolute atomic E-state index is 0.00672. The van der Waals surface area contributed by atoms with Crippen LogP contribution in [0.4, 0.5) is 4.39 Å². The van der Waals surface area contributed by atoms with E-state index in [1.165, 1.54) is 12.5 Å². The van der Waals surface area contributed by atoms with Crippen LogP contribution in [-0.4, -0.2) is 26.1 Å². The summed E-state index contributed by atoms with van der Waals surface area (Å²) in [6.45, 7) is 0.763. The van der Waals surface area contributed by atoms with Crippen molar-refractivity contribution in [3.8, 4) is 11.3 Å². The number of fused-ring (bicyclic) bond motifs is 1. The number of pyridine rings is 1. The lowest BCUT2D eigenvalue weighted by Gasteiger charge is -2.24. The van der Waals surface area contributed by atoms with E-state index in [0.29, 0.717) is 11.3 Å². The van der Waals surface area contributed by atoms with Crippen molar-refractivity contribution in [3.05, 3.63) is 42.9 Å². The van der Waals surface area contributed by atoms with Gasteiger partial charge in [0.15, 0.2) is 0 Å². The van der Waals surface area contributed by atoms with Gasteiger partial charge in [0, 0.05) is 24.4 Å². The highest BCUT2D eigenvalue weighted by Crippen LogP contribution is 2.31. The van der Waals surface area contributed by atoms with Crippen molar-refractivity contribution in [3.63, 3.8) is 0 Å². The maximum absolute atomic E-state index is 14.0. The number of halogens is 1. The summed E-state index contributed by atoms with van der Waals surface area (Å²) in [5.74, 6) is -0.524. The summed E-state index contributed by atoms with van der Waals surface area (Å²) in [5.41, 5.74) is 1.71. The van der Waals surface area contributed by atoms with Gasteiger partial charge in [0.25, 0.3) is 0 Å². The molecular formula is C16H15FN4O. The third-order valence-electron chi connectivity index (χ3n) is 3.99. The first-order valence-electron chi connectivity index (χ1n) is 7.38. The topological polar surface area (TPSA) is 52.8 Å². The highest BCUT2D eigenvalue weighted by atomic mass is 19.1. The van der Waals surface area contributed by atoms with Gasteiger partial charge in [0.05, 0.1) is 11.3 Å². The number of hydrogen-bond donors (Lipinski definition) is 0. The van der Waals surface area contributed by atoms with E-state index in [2.05, 4.69) is 15.0 Å². The highest BCUT2D eigenvalue weighted by molar-refractivity contribution is 5.90. The second-order valence-electron chi connectivity index (χ2n) is 5.35. The lowest BCUT2D eigenvalue weighted by Crippen LogP contribution is -2.17. The molecule has 0 spiro atoms. The standard InChI is InChI=1S/C16H15FN4O/c17-15-11(4-3-7-18-15)14-12-6-8-21(16(12)20-10-19-14)13-5-1-2-9-22-13/h3-4,6-8,10,13H,1-2,5,9H2. The average Bonchev–Trinajstić information content (AvgIpc) is 3.00. The first kappa shape index (κ1) is 13.3. The normalized spacial score (nSPS) is 18.7. The Kier molecular flexibility index (Phi) is 3.31. The van der Waals surface area contributed by atoms with E-state index in [0.717, 1.165) is 36.9 Å². The molecule has 5 nitrogen and oxygen atoms in total. The van der Waals surface area contributed by atoms with Gasteiger partial charge < -0.3 is 9.30 Å². The summed E-state index contributed by atoms with van der Waals surface area (Å²) < 4.78 is 21.8. The van der Waals surface area contributed by atoms with Gasteiger partial charge in [-0.3, -0.25) is 0 Å². The first-order valence-corrected chi connectivity index (χ1v) is 7.38. The Labute approximate surface area is 126 Å². The van der Waals surface area contributed by atoms with Crippen LogP contribution in [0.25, 0.3) is 22.3 Å². The average molecular weight is 298 g/mol. The predicted molar refractivity (Wildman–Crippen MR) is 79.6 cm³/mol. The molecule has 3 aromatic heterocycles. The SMILES string of the molecule is Fc1ncccc1-c1ncnc2c1ccn2C1CCCCO1. The number of hydrogen-bond acceptors (Lipinski definition) is 4. The van der Waals surface area contributed by atoms with E-state index in [1.807, 2.05) is 16.8 Å². The zero-order valence-corrected chi connectivity index (χ0v) is 11.9. The van der Waals surface area contributed by atoms with E-state index in [-0.39, 0.29) is 6.23 Å². The van der Waals surface area contributed by atoms with E-state index in [4.69, 9.17) is 4.74 Å². The molecule has 6 heteroatoms. The van der Waals surface area contributed by atoms with Crippen LogP contribution in [0.1, 0.15) is 25.5 Å². The van der Waals surface area contributed by atoms with Gasteiger partial charge in [-0.15, -0.1) is 0 Å². The van der Waals surface area contributed by atoms with Crippen molar-refractivity contribution in [2.45, 2.75) is 25.5 Å². The zero-order chi connectivity index (χ0) is 14.9. The van der Waals surface area contributed by atoms with E-state index in [9.17, 15) is 4.39 Å². The van der Waals surface area contributed by atoms with Gasteiger partial charge in [-0.1, -0.05) is 0 Å². The number of rotatable bonds is 2. The molecule has 0 saturated carbocycles. The largest absolute Gasteiger partial charge is 0.358 e. The molecule has 112 valence electrons. The third kappa shape index (κ3) is 2.16. The first-order chi connectivity index (χ1) is 10.8. The molecule has 0 amide bonds. The van der Waals surface area contributed by atoms with Crippen molar-refractivity contribution < 1.29 is 9.13 Å². The Balaban J connectivity index is 1.85. The third-order valence-corrected chi connectivity index (χ3v) is 3.99. The summed E-state index contributed by atoms with van der Waals surface area (Å²) in [5, 5.41) is 0.809. The number of aromatic nitrogens is 4. The quantitative estimate of drug-likeness (QED) is 0.681. The Morgan fingerprint density at radius 2 is 2.14 bits per heavy atom. The molecule has 3 aromatic rings. The maximum atomic E-state index is 14.0. The van der Waals surface area contributed by atoms with Gasteiger partial charge in [0.1, 0.15) is 18.2 Å². The number of nitrogens with zero attached hydrogens (tertiary/aromatic N) is 4. The lowest BCUT2D eigenvalue weighted by atomic mass is 10.1. The molecule has 0 aliphatic carbocycles. The minimum atomic E-state index is -0.524. The molecule has 1 fully saturated rings. The fraction of sp³-hybridized carbons (Fsp3) is 0.312. The van der Waals surface area contributed by atoms with Crippen LogP contribution in [0.3, 0.4) is 0 Å². The lowest BCUT2D eigenvalue weighted by molar-refractivity contribution is -0.0294. The predicted octanol–water partition coefficient (Wildman–Crippen LogP) is 3.33. The van der Waals surface area contributed by atoms with E-state index >= 15 is 0 Å². The van der Waals surface area contributed by atoms with Gasteiger partial charge >= 0.3 is 0 Å².